The Balaban J connectivity index is 2.57. The Hall–Kier alpha value is -2.44. The van der Waals surface area contributed by atoms with Gasteiger partial charge in [0.25, 0.3) is 0 Å². The highest BCUT2D eigenvalue weighted by Crippen LogP contribution is 2.34. The highest BCUT2D eigenvalue weighted by Gasteiger charge is 2.20. The molecule has 0 saturated carbocycles. The van der Waals surface area contributed by atoms with E-state index in [9.17, 15) is 14.5 Å². The SMILES string of the molecule is CCn1cc(-c2cc([N+](=O)[O-])c(OC)cc2F)cn1. The fourth-order valence-corrected chi connectivity index (χ4v) is 1.75. The van der Waals surface area contributed by atoms with Gasteiger partial charge in [-0.25, -0.2) is 4.39 Å². The van der Waals surface area contributed by atoms with Gasteiger partial charge >= 0.3 is 5.69 Å². The van der Waals surface area contributed by atoms with Crippen LogP contribution in [0.2, 0.25) is 0 Å². The molecule has 19 heavy (non-hydrogen) atoms. The molecule has 2 aromatic rings. The average molecular weight is 265 g/mol. The van der Waals surface area contributed by atoms with Gasteiger partial charge in [-0.1, -0.05) is 0 Å². The van der Waals surface area contributed by atoms with Crippen LogP contribution in [0.15, 0.2) is 24.5 Å². The molecule has 1 aromatic heterocycles. The lowest BCUT2D eigenvalue weighted by molar-refractivity contribution is -0.385. The van der Waals surface area contributed by atoms with Gasteiger partial charge in [0.1, 0.15) is 5.82 Å². The first kappa shape index (κ1) is 13.0. The van der Waals surface area contributed by atoms with Crippen LogP contribution in [-0.2, 0) is 6.54 Å². The van der Waals surface area contributed by atoms with Crippen molar-refractivity contribution in [2.75, 3.05) is 7.11 Å². The Morgan fingerprint density at radius 3 is 2.79 bits per heavy atom. The fraction of sp³-hybridized carbons (Fsp3) is 0.250. The van der Waals surface area contributed by atoms with E-state index in [4.69, 9.17) is 4.74 Å². The lowest BCUT2D eigenvalue weighted by atomic mass is 10.1. The molecule has 100 valence electrons. The number of methoxy groups -OCH3 is 1. The molecular formula is C12H12FN3O3. The Morgan fingerprint density at radius 2 is 2.26 bits per heavy atom. The van der Waals surface area contributed by atoms with Crippen LogP contribution >= 0.6 is 0 Å². The largest absolute Gasteiger partial charge is 0.490 e. The Morgan fingerprint density at radius 1 is 1.53 bits per heavy atom. The van der Waals surface area contributed by atoms with Gasteiger partial charge in [-0.05, 0) is 6.92 Å². The molecule has 0 fully saturated rings. The average Bonchev–Trinajstić information content (AvgIpc) is 2.86. The molecule has 0 aliphatic heterocycles. The highest BCUT2D eigenvalue weighted by atomic mass is 19.1. The third kappa shape index (κ3) is 2.40. The molecule has 0 N–H and O–H groups in total. The number of nitro groups is 1. The molecule has 0 unspecified atom stereocenters. The number of benzene rings is 1. The highest BCUT2D eigenvalue weighted by molar-refractivity contribution is 5.68. The van der Waals surface area contributed by atoms with Crippen LogP contribution in [0.4, 0.5) is 10.1 Å². The first-order chi connectivity index (χ1) is 9.06. The molecule has 0 saturated heterocycles. The standard InChI is InChI=1S/C12H12FN3O3/c1-3-15-7-8(6-14-15)9-4-11(16(17)18)12(19-2)5-10(9)13/h4-7H,3H2,1-2H3. The summed E-state index contributed by atoms with van der Waals surface area (Å²) in [5.41, 5.74) is 0.348. The van der Waals surface area contributed by atoms with E-state index in [1.165, 1.54) is 13.3 Å². The molecule has 1 aromatic carbocycles. The molecule has 0 aliphatic carbocycles. The summed E-state index contributed by atoms with van der Waals surface area (Å²) in [5.74, 6) is -0.688. The molecule has 0 radical (unpaired) electrons. The molecule has 0 amide bonds. The minimum Gasteiger partial charge on any atom is -0.490 e. The molecule has 0 bridgehead atoms. The summed E-state index contributed by atoms with van der Waals surface area (Å²) >= 11 is 0. The fourth-order valence-electron chi connectivity index (χ4n) is 1.75. The minimum atomic E-state index is -0.605. The van der Waals surface area contributed by atoms with Crippen molar-refractivity contribution < 1.29 is 14.1 Å². The third-order valence-electron chi connectivity index (χ3n) is 2.73. The number of hydrogen-bond donors (Lipinski definition) is 0. The van der Waals surface area contributed by atoms with Gasteiger partial charge in [0.05, 0.1) is 18.2 Å². The van der Waals surface area contributed by atoms with Crippen LogP contribution in [0.25, 0.3) is 11.1 Å². The van der Waals surface area contributed by atoms with Crippen molar-refractivity contribution >= 4 is 5.69 Å². The topological polar surface area (TPSA) is 70.2 Å². The van der Waals surface area contributed by atoms with Crippen molar-refractivity contribution in [1.82, 2.24) is 9.78 Å². The number of hydrogen-bond acceptors (Lipinski definition) is 4. The molecule has 0 atom stereocenters. The molecule has 7 heteroatoms. The summed E-state index contributed by atoms with van der Waals surface area (Å²) in [7, 11) is 1.26. The van der Waals surface area contributed by atoms with Crippen LogP contribution in [-0.4, -0.2) is 21.8 Å². The van der Waals surface area contributed by atoms with E-state index in [0.29, 0.717) is 12.1 Å². The summed E-state index contributed by atoms with van der Waals surface area (Å²) in [4.78, 5) is 10.3. The van der Waals surface area contributed by atoms with Crippen molar-refractivity contribution in [3.8, 4) is 16.9 Å². The quantitative estimate of drug-likeness (QED) is 0.629. The molecule has 6 nitrogen and oxygen atoms in total. The zero-order valence-corrected chi connectivity index (χ0v) is 10.5. The van der Waals surface area contributed by atoms with Crippen molar-refractivity contribution in [3.63, 3.8) is 0 Å². The van der Waals surface area contributed by atoms with E-state index in [0.717, 1.165) is 12.1 Å². The van der Waals surface area contributed by atoms with Crippen molar-refractivity contribution in [1.29, 1.82) is 0 Å². The van der Waals surface area contributed by atoms with Crippen LogP contribution in [0.1, 0.15) is 6.92 Å². The van der Waals surface area contributed by atoms with E-state index in [2.05, 4.69) is 5.10 Å². The Bertz CT molecular complexity index is 625. The number of nitro benzene ring substituents is 1. The van der Waals surface area contributed by atoms with E-state index in [1.54, 1.807) is 10.9 Å². The Kier molecular flexibility index (Phi) is 3.46. The van der Waals surface area contributed by atoms with Gasteiger partial charge in [0, 0.05) is 36.0 Å². The summed E-state index contributed by atoms with van der Waals surface area (Å²) in [6.45, 7) is 2.53. The second kappa shape index (κ2) is 5.05. The van der Waals surface area contributed by atoms with Crippen LogP contribution in [0.3, 0.4) is 0 Å². The maximum Gasteiger partial charge on any atom is 0.311 e. The predicted molar refractivity (Wildman–Crippen MR) is 66.5 cm³/mol. The minimum absolute atomic E-state index is 0.103. The monoisotopic (exact) mass is 265 g/mol. The van der Waals surface area contributed by atoms with E-state index in [1.807, 2.05) is 6.92 Å². The lowest BCUT2D eigenvalue weighted by Crippen LogP contribution is -1.96. The number of halogens is 1. The summed E-state index contributed by atoms with van der Waals surface area (Å²) in [6, 6.07) is 2.17. The van der Waals surface area contributed by atoms with Crippen LogP contribution < -0.4 is 4.74 Å². The molecule has 2 rings (SSSR count). The summed E-state index contributed by atoms with van der Waals surface area (Å²) in [5, 5.41) is 14.9. The smallest absolute Gasteiger partial charge is 0.311 e. The van der Waals surface area contributed by atoms with Gasteiger partial charge in [0.2, 0.25) is 0 Å². The number of nitrogens with zero attached hydrogens (tertiary/aromatic N) is 3. The van der Waals surface area contributed by atoms with Crippen LogP contribution in [0.5, 0.6) is 5.75 Å². The number of aromatic nitrogens is 2. The number of ether oxygens (including phenoxy) is 1. The van der Waals surface area contributed by atoms with Crippen molar-refractivity contribution in [2.45, 2.75) is 13.5 Å². The van der Waals surface area contributed by atoms with Gasteiger partial charge in [-0.2, -0.15) is 5.10 Å². The third-order valence-corrected chi connectivity index (χ3v) is 2.73. The maximum atomic E-state index is 13.9. The van der Waals surface area contributed by atoms with Crippen LogP contribution in [0, 0.1) is 15.9 Å². The first-order valence-corrected chi connectivity index (χ1v) is 5.61. The summed E-state index contributed by atoms with van der Waals surface area (Å²) < 4.78 is 20.4. The second-order valence-corrected chi connectivity index (χ2v) is 3.85. The van der Waals surface area contributed by atoms with Gasteiger partial charge < -0.3 is 4.74 Å². The van der Waals surface area contributed by atoms with Gasteiger partial charge in [0.15, 0.2) is 5.75 Å². The Labute approximate surface area is 108 Å². The molecular weight excluding hydrogens is 253 g/mol. The molecule has 0 spiro atoms. The van der Waals surface area contributed by atoms with E-state index >= 15 is 0 Å². The van der Waals surface area contributed by atoms with Gasteiger partial charge in [-0.3, -0.25) is 14.8 Å². The molecule has 1 heterocycles. The van der Waals surface area contributed by atoms with E-state index in [-0.39, 0.29) is 17.0 Å². The number of aryl methyl sites for hydroxylation is 1. The van der Waals surface area contributed by atoms with E-state index < -0.39 is 10.7 Å². The summed E-state index contributed by atoms with van der Waals surface area (Å²) in [6.07, 6.45) is 3.10. The van der Waals surface area contributed by atoms with Crippen molar-refractivity contribution in [3.05, 3.63) is 40.5 Å². The predicted octanol–water partition coefficient (Wildman–Crippen LogP) is 2.63. The van der Waals surface area contributed by atoms with Crippen molar-refractivity contribution in [2.24, 2.45) is 0 Å². The lowest BCUT2D eigenvalue weighted by Gasteiger charge is -2.05. The normalized spacial score (nSPS) is 10.5. The zero-order valence-electron chi connectivity index (χ0n) is 10.5. The maximum absolute atomic E-state index is 13.9. The zero-order chi connectivity index (χ0) is 14.0. The first-order valence-electron chi connectivity index (χ1n) is 5.61. The molecule has 0 aliphatic rings. The second-order valence-electron chi connectivity index (χ2n) is 3.85. The number of rotatable bonds is 4. The van der Waals surface area contributed by atoms with Gasteiger partial charge in [-0.15, -0.1) is 0 Å².